The first-order valence-electron chi connectivity index (χ1n) is 7.64. The van der Waals surface area contributed by atoms with E-state index in [-0.39, 0.29) is 0 Å². The number of hydrogen-bond acceptors (Lipinski definition) is 3. The van der Waals surface area contributed by atoms with Crippen molar-refractivity contribution < 1.29 is 4.42 Å². The van der Waals surface area contributed by atoms with E-state index in [1.807, 2.05) is 12.1 Å². The average molecular weight is 266 g/mol. The Kier molecular flexibility index (Phi) is 7.84. The van der Waals surface area contributed by atoms with E-state index in [0.717, 1.165) is 31.3 Å². The minimum atomic E-state index is 0.716. The average Bonchev–Trinajstić information content (AvgIpc) is 2.88. The summed E-state index contributed by atoms with van der Waals surface area (Å²) >= 11 is 0. The molecule has 19 heavy (non-hydrogen) atoms. The van der Waals surface area contributed by atoms with E-state index in [0.29, 0.717) is 6.04 Å². The second-order valence-electron chi connectivity index (χ2n) is 5.62. The quantitative estimate of drug-likeness (QED) is 0.657. The van der Waals surface area contributed by atoms with E-state index >= 15 is 0 Å². The molecule has 0 aliphatic heterocycles. The third kappa shape index (κ3) is 6.26. The summed E-state index contributed by atoms with van der Waals surface area (Å²) in [4.78, 5) is 2.62. The molecule has 1 rings (SSSR count). The molecule has 1 aromatic rings. The molecule has 0 saturated heterocycles. The molecule has 0 aliphatic rings. The lowest BCUT2D eigenvalue weighted by Crippen LogP contribution is -2.41. The van der Waals surface area contributed by atoms with E-state index in [1.54, 1.807) is 6.26 Å². The van der Waals surface area contributed by atoms with Crippen LogP contribution in [0.4, 0.5) is 0 Å². The van der Waals surface area contributed by atoms with Crippen molar-refractivity contribution in [3.63, 3.8) is 0 Å². The second-order valence-corrected chi connectivity index (χ2v) is 5.62. The van der Waals surface area contributed by atoms with Crippen LogP contribution in [0.3, 0.4) is 0 Å². The van der Waals surface area contributed by atoms with Crippen LogP contribution in [0, 0.1) is 5.92 Å². The van der Waals surface area contributed by atoms with Gasteiger partial charge in [0.2, 0.25) is 0 Å². The van der Waals surface area contributed by atoms with Gasteiger partial charge in [0.1, 0.15) is 5.76 Å². The van der Waals surface area contributed by atoms with Gasteiger partial charge >= 0.3 is 0 Å². The molecule has 0 atom stereocenters. The lowest BCUT2D eigenvalue weighted by Gasteiger charge is -2.32. The third-order valence-electron chi connectivity index (χ3n) is 3.51. The fraction of sp³-hybridized carbons (Fsp3) is 0.750. The highest BCUT2D eigenvalue weighted by atomic mass is 16.3. The monoisotopic (exact) mass is 266 g/mol. The summed E-state index contributed by atoms with van der Waals surface area (Å²) < 4.78 is 5.32. The molecule has 0 spiro atoms. The molecular formula is C16H30N2O. The van der Waals surface area contributed by atoms with Crippen molar-refractivity contribution in [1.29, 1.82) is 0 Å². The highest BCUT2D eigenvalue weighted by Gasteiger charge is 2.15. The van der Waals surface area contributed by atoms with Gasteiger partial charge in [0.15, 0.2) is 0 Å². The van der Waals surface area contributed by atoms with Crippen LogP contribution in [0.25, 0.3) is 0 Å². The number of hydrogen-bond donors (Lipinski definition) is 1. The van der Waals surface area contributed by atoms with Gasteiger partial charge in [0.05, 0.1) is 12.8 Å². The Labute approximate surface area is 118 Å². The van der Waals surface area contributed by atoms with Crippen LogP contribution in [-0.4, -0.2) is 30.6 Å². The summed E-state index contributed by atoms with van der Waals surface area (Å²) in [6.45, 7) is 13.3. The molecule has 0 radical (unpaired) electrons. The van der Waals surface area contributed by atoms with Crippen LogP contribution >= 0.6 is 0 Å². The lowest BCUT2D eigenvalue weighted by atomic mass is 10.1. The minimum absolute atomic E-state index is 0.716. The molecule has 0 aromatic carbocycles. The summed E-state index contributed by atoms with van der Waals surface area (Å²) in [6.07, 6.45) is 4.20. The first-order chi connectivity index (χ1) is 9.17. The predicted octanol–water partition coefficient (Wildman–Crippen LogP) is 3.52. The van der Waals surface area contributed by atoms with Crippen molar-refractivity contribution in [1.82, 2.24) is 10.2 Å². The Bertz CT molecular complexity index is 305. The van der Waals surface area contributed by atoms with Crippen molar-refractivity contribution in [2.45, 2.75) is 53.1 Å². The highest BCUT2D eigenvalue weighted by molar-refractivity contribution is 4.97. The fourth-order valence-electron chi connectivity index (χ4n) is 2.54. The van der Waals surface area contributed by atoms with Gasteiger partial charge in [-0.25, -0.2) is 0 Å². The number of furan rings is 1. The maximum atomic E-state index is 5.32. The van der Waals surface area contributed by atoms with Crippen molar-refractivity contribution in [2.75, 3.05) is 19.6 Å². The van der Waals surface area contributed by atoms with E-state index in [2.05, 4.69) is 37.9 Å². The van der Waals surface area contributed by atoms with Gasteiger partial charge in [0, 0.05) is 25.7 Å². The van der Waals surface area contributed by atoms with Gasteiger partial charge in [-0.05, 0) is 30.9 Å². The molecule has 0 unspecified atom stereocenters. The normalized spacial score (nSPS) is 11.9. The van der Waals surface area contributed by atoms with Crippen LogP contribution in [0.1, 0.15) is 46.3 Å². The summed E-state index contributed by atoms with van der Waals surface area (Å²) in [6, 6.07) is 4.67. The third-order valence-corrected chi connectivity index (χ3v) is 3.51. The molecule has 0 bridgehead atoms. The highest BCUT2D eigenvalue weighted by Crippen LogP contribution is 2.10. The standard InChI is InChI=1S/C16H30N2O/c1-5-15(6-2)18(13-14(3)4)10-9-17-12-16-8-7-11-19-16/h7-8,11,14-15,17H,5-6,9-10,12-13H2,1-4H3. The summed E-state index contributed by atoms with van der Waals surface area (Å²) in [7, 11) is 0. The largest absolute Gasteiger partial charge is 0.468 e. The number of nitrogens with zero attached hydrogens (tertiary/aromatic N) is 1. The Hall–Kier alpha value is -0.800. The summed E-state index contributed by atoms with van der Waals surface area (Å²) in [5.74, 6) is 1.74. The van der Waals surface area contributed by atoms with Crippen LogP contribution < -0.4 is 5.32 Å². The fourth-order valence-corrected chi connectivity index (χ4v) is 2.54. The molecule has 1 N–H and O–H groups in total. The van der Waals surface area contributed by atoms with Crippen molar-refractivity contribution in [3.8, 4) is 0 Å². The molecular weight excluding hydrogens is 236 g/mol. The van der Waals surface area contributed by atoms with Crippen molar-refractivity contribution in [2.24, 2.45) is 5.92 Å². The van der Waals surface area contributed by atoms with E-state index < -0.39 is 0 Å². The number of nitrogens with one attached hydrogen (secondary N) is 1. The Morgan fingerprint density at radius 2 is 2.00 bits per heavy atom. The zero-order valence-corrected chi connectivity index (χ0v) is 13.0. The Morgan fingerprint density at radius 1 is 1.26 bits per heavy atom. The molecule has 0 fully saturated rings. The molecule has 0 saturated carbocycles. The predicted molar refractivity (Wildman–Crippen MR) is 81.2 cm³/mol. The maximum absolute atomic E-state index is 5.32. The van der Waals surface area contributed by atoms with Gasteiger partial charge in [-0.2, -0.15) is 0 Å². The summed E-state index contributed by atoms with van der Waals surface area (Å²) in [5, 5.41) is 3.46. The van der Waals surface area contributed by atoms with E-state index in [4.69, 9.17) is 4.42 Å². The second kappa shape index (κ2) is 9.16. The first-order valence-corrected chi connectivity index (χ1v) is 7.64. The number of rotatable bonds is 10. The molecule has 1 aromatic heterocycles. The van der Waals surface area contributed by atoms with Gasteiger partial charge in [0.25, 0.3) is 0 Å². The maximum Gasteiger partial charge on any atom is 0.117 e. The molecule has 110 valence electrons. The van der Waals surface area contributed by atoms with Crippen LogP contribution in [0.2, 0.25) is 0 Å². The van der Waals surface area contributed by atoms with Gasteiger partial charge in [-0.3, -0.25) is 4.90 Å². The SMILES string of the molecule is CCC(CC)N(CCNCc1ccco1)CC(C)C. The smallest absolute Gasteiger partial charge is 0.117 e. The molecule has 0 aliphatic carbocycles. The van der Waals surface area contributed by atoms with Crippen LogP contribution in [0.5, 0.6) is 0 Å². The summed E-state index contributed by atoms with van der Waals surface area (Å²) in [5.41, 5.74) is 0. The van der Waals surface area contributed by atoms with Gasteiger partial charge in [-0.1, -0.05) is 27.7 Å². The van der Waals surface area contributed by atoms with Gasteiger partial charge in [-0.15, -0.1) is 0 Å². The first kappa shape index (κ1) is 16.3. The zero-order chi connectivity index (χ0) is 14.1. The molecule has 1 heterocycles. The van der Waals surface area contributed by atoms with Crippen LogP contribution in [-0.2, 0) is 6.54 Å². The lowest BCUT2D eigenvalue weighted by molar-refractivity contribution is 0.166. The van der Waals surface area contributed by atoms with E-state index in [9.17, 15) is 0 Å². The van der Waals surface area contributed by atoms with Gasteiger partial charge < -0.3 is 9.73 Å². The van der Waals surface area contributed by atoms with Crippen LogP contribution in [0.15, 0.2) is 22.8 Å². The van der Waals surface area contributed by atoms with Crippen molar-refractivity contribution >= 4 is 0 Å². The molecule has 0 amide bonds. The van der Waals surface area contributed by atoms with E-state index in [1.165, 1.54) is 19.4 Å². The Balaban J connectivity index is 2.31. The molecule has 3 heteroatoms. The zero-order valence-electron chi connectivity index (χ0n) is 13.0. The topological polar surface area (TPSA) is 28.4 Å². The Morgan fingerprint density at radius 3 is 2.53 bits per heavy atom. The molecule has 3 nitrogen and oxygen atoms in total. The minimum Gasteiger partial charge on any atom is -0.468 e. The van der Waals surface area contributed by atoms with Crippen molar-refractivity contribution in [3.05, 3.63) is 24.2 Å².